The van der Waals surface area contributed by atoms with Gasteiger partial charge in [-0.1, -0.05) is 26.8 Å². The van der Waals surface area contributed by atoms with Crippen molar-refractivity contribution in [3.05, 3.63) is 23.8 Å². The summed E-state index contributed by atoms with van der Waals surface area (Å²) in [6.07, 6.45) is -0.658. The normalized spacial score (nSPS) is 14.4. The molecular formula is C20H34O6Si. The fourth-order valence-electron chi connectivity index (χ4n) is 2.48. The molecule has 0 aliphatic carbocycles. The van der Waals surface area contributed by atoms with Crippen molar-refractivity contribution in [1.82, 2.24) is 0 Å². The average molecular weight is 399 g/mol. The molecule has 0 aliphatic rings. The van der Waals surface area contributed by atoms with Gasteiger partial charge in [-0.3, -0.25) is 4.79 Å². The van der Waals surface area contributed by atoms with Crippen molar-refractivity contribution in [3.63, 3.8) is 0 Å². The summed E-state index contributed by atoms with van der Waals surface area (Å²) in [6.45, 7) is 11.2. The molecule has 2 atom stereocenters. The van der Waals surface area contributed by atoms with Gasteiger partial charge in [0, 0.05) is 6.61 Å². The predicted octanol–water partition coefficient (Wildman–Crippen LogP) is 3.94. The highest BCUT2D eigenvalue weighted by molar-refractivity contribution is 6.74. The van der Waals surface area contributed by atoms with E-state index in [9.17, 15) is 9.90 Å². The van der Waals surface area contributed by atoms with E-state index >= 15 is 0 Å². The average Bonchev–Trinajstić information content (AvgIpc) is 2.62. The van der Waals surface area contributed by atoms with E-state index in [0.29, 0.717) is 30.1 Å². The van der Waals surface area contributed by atoms with E-state index in [1.54, 1.807) is 25.3 Å². The molecule has 0 saturated heterocycles. The monoisotopic (exact) mass is 398 g/mol. The molecule has 27 heavy (non-hydrogen) atoms. The van der Waals surface area contributed by atoms with E-state index in [0.717, 1.165) is 0 Å². The van der Waals surface area contributed by atoms with Gasteiger partial charge in [-0.25, -0.2) is 0 Å². The van der Waals surface area contributed by atoms with Gasteiger partial charge in [-0.05, 0) is 42.2 Å². The minimum atomic E-state index is -1.93. The third-order valence-corrected chi connectivity index (χ3v) is 9.87. The quantitative estimate of drug-likeness (QED) is 0.502. The maximum Gasteiger partial charge on any atom is 0.311 e. The van der Waals surface area contributed by atoms with Gasteiger partial charge >= 0.3 is 5.97 Å². The lowest BCUT2D eigenvalue weighted by Gasteiger charge is -2.36. The fraction of sp³-hybridized carbons (Fsp3) is 0.650. The number of aliphatic hydroxyl groups is 1. The molecule has 0 bridgehead atoms. The van der Waals surface area contributed by atoms with Crippen LogP contribution in [0.2, 0.25) is 18.1 Å². The molecule has 0 spiro atoms. The van der Waals surface area contributed by atoms with Crippen molar-refractivity contribution < 1.29 is 28.5 Å². The summed E-state index contributed by atoms with van der Waals surface area (Å²) < 4.78 is 21.6. The number of ether oxygens (including phenoxy) is 3. The first-order valence-electron chi connectivity index (χ1n) is 9.10. The molecule has 0 radical (unpaired) electrons. The zero-order chi connectivity index (χ0) is 20.8. The SMILES string of the molecule is COC(=O)[C@@H](CCO[Si](C)(C)C(C)(C)C)[C@H](O)c1ccc(OC)c(OC)c1. The number of esters is 1. The first-order chi connectivity index (χ1) is 12.5. The number of carbonyl (C=O) groups is 1. The third-order valence-electron chi connectivity index (χ3n) is 5.33. The second-order valence-corrected chi connectivity index (χ2v) is 12.9. The smallest absolute Gasteiger partial charge is 0.311 e. The number of benzene rings is 1. The Morgan fingerprint density at radius 2 is 1.70 bits per heavy atom. The standard InChI is InChI=1S/C20H34O6Si/c1-20(2,3)27(7,8)26-12-11-15(19(22)25-6)18(21)14-9-10-16(23-4)17(13-14)24-5/h9-10,13,15,18,21H,11-12H2,1-8H3/t15-,18+/m0/s1. The van der Waals surface area contributed by atoms with Crippen molar-refractivity contribution in [2.24, 2.45) is 5.92 Å². The van der Waals surface area contributed by atoms with Crippen molar-refractivity contribution in [2.45, 2.75) is 51.4 Å². The summed E-state index contributed by atoms with van der Waals surface area (Å²) in [5.41, 5.74) is 0.565. The number of carbonyl (C=O) groups excluding carboxylic acids is 1. The minimum absolute atomic E-state index is 0.0791. The highest BCUT2D eigenvalue weighted by atomic mass is 28.4. The third kappa shape index (κ3) is 5.95. The van der Waals surface area contributed by atoms with E-state index in [4.69, 9.17) is 18.6 Å². The molecule has 1 aromatic rings. The Balaban J connectivity index is 2.95. The maximum absolute atomic E-state index is 12.3. The van der Waals surface area contributed by atoms with Gasteiger partial charge in [0.15, 0.2) is 19.8 Å². The summed E-state index contributed by atoms with van der Waals surface area (Å²) in [7, 11) is 2.47. The van der Waals surface area contributed by atoms with Gasteiger partial charge in [0.25, 0.3) is 0 Å². The van der Waals surface area contributed by atoms with Crippen LogP contribution in [-0.4, -0.2) is 47.3 Å². The van der Waals surface area contributed by atoms with Crippen LogP contribution < -0.4 is 9.47 Å². The summed E-state index contributed by atoms with van der Waals surface area (Å²) in [5, 5.41) is 10.9. The number of rotatable bonds is 9. The molecular weight excluding hydrogens is 364 g/mol. The summed E-state index contributed by atoms with van der Waals surface area (Å²) in [4.78, 5) is 12.3. The first kappa shape index (κ1) is 23.5. The van der Waals surface area contributed by atoms with Crippen molar-refractivity contribution in [1.29, 1.82) is 0 Å². The van der Waals surface area contributed by atoms with Gasteiger partial charge in [-0.15, -0.1) is 0 Å². The summed E-state index contributed by atoms with van der Waals surface area (Å²) in [6, 6.07) is 5.10. The number of aliphatic hydroxyl groups excluding tert-OH is 1. The molecule has 0 amide bonds. The zero-order valence-electron chi connectivity index (χ0n) is 17.8. The Hall–Kier alpha value is -1.57. The highest BCUT2D eigenvalue weighted by Gasteiger charge is 2.38. The zero-order valence-corrected chi connectivity index (χ0v) is 18.8. The highest BCUT2D eigenvalue weighted by Crippen LogP contribution is 2.37. The van der Waals surface area contributed by atoms with Crippen LogP contribution in [0.5, 0.6) is 11.5 Å². The summed E-state index contributed by atoms with van der Waals surface area (Å²) >= 11 is 0. The minimum Gasteiger partial charge on any atom is -0.493 e. The number of hydrogen-bond acceptors (Lipinski definition) is 6. The Morgan fingerprint density at radius 1 is 1.11 bits per heavy atom. The topological polar surface area (TPSA) is 74.2 Å². The van der Waals surface area contributed by atoms with E-state index in [1.807, 2.05) is 0 Å². The van der Waals surface area contributed by atoms with Gasteiger partial charge in [-0.2, -0.15) is 0 Å². The molecule has 1 aromatic carbocycles. The van der Waals surface area contributed by atoms with Gasteiger partial charge < -0.3 is 23.7 Å². The summed E-state index contributed by atoms with van der Waals surface area (Å²) in [5.74, 6) is -0.131. The van der Waals surface area contributed by atoms with Gasteiger partial charge in [0.05, 0.1) is 33.4 Å². The van der Waals surface area contributed by atoms with Gasteiger partial charge in [0.1, 0.15) is 0 Å². The van der Waals surface area contributed by atoms with E-state index in [-0.39, 0.29) is 5.04 Å². The van der Waals surface area contributed by atoms with Crippen LogP contribution >= 0.6 is 0 Å². The Bertz CT molecular complexity index is 623. The Kier molecular flexibility index (Phi) is 8.32. The first-order valence-corrected chi connectivity index (χ1v) is 12.0. The van der Waals surface area contributed by atoms with E-state index in [2.05, 4.69) is 33.9 Å². The van der Waals surface area contributed by atoms with Crippen LogP contribution in [-0.2, 0) is 14.0 Å². The second kappa shape index (κ2) is 9.57. The molecule has 7 heteroatoms. The van der Waals surface area contributed by atoms with Crippen LogP contribution in [0.25, 0.3) is 0 Å². The molecule has 154 valence electrons. The van der Waals surface area contributed by atoms with Crippen molar-refractivity contribution >= 4 is 14.3 Å². The lowest BCUT2D eigenvalue weighted by atomic mass is 9.93. The lowest BCUT2D eigenvalue weighted by Crippen LogP contribution is -2.41. The largest absolute Gasteiger partial charge is 0.493 e. The van der Waals surface area contributed by atoms with Gasteiger partial charge in [0.2, 0.25) is 0 Å². The van der Waals surface area contributed by atoms with Crippen LogP contribution in [0.15, 0.2) is 18.2 Å². The van der Waals surface area contributed by atoms with Crippen LogP contribution in [0.4, 0.5) is 0 Å². The number of hydrogen-bond donors (Lipinski definition) is 1. The van der Waals surface area contributed by atoms with Crippen molar-refractivity contribution in [2.75, 3.05) is 27.9 Å². The van der Waals surface area contributed by atoms with E-state index in [1.165, 1.54) is 14.2 Å². The van der Waals surface area contributed by atoms with E-state index < -0.39 is 26.3 Å². The second-order valence-electron chi connectivity index (χ2n) is 8.09. The molecule has 0 saturated carbocycles. The Morgan fingerprint density at radius 3 is 2.19 bits per heavy atom. The number of methoxy groups -OCH3 is 3. The molecule has 0 aromatic heterocycles. The van der Waals surface area contributed by atoms with Crippen LogP contribution in [0.3, 0.4) is 0 Å². The van der Waals surface area contributed by atoms with Crippen LogP contribution in [0.1, 0.15) is 38.9 Å². The molecule has 0 aliphatic heterocycles. The molecule has 0 heterocycles. The molecule has 0 unspecified atom stereocenters. The van der Waals surface area contributed by atoms with Crippen molar-refractivity contribution in [3.8, 4) is 11.5 Å². The molecule has 6 nitrogen and oxygen atoms in total. The fourth-order valence-corrected chi connectivity index (χ4v) is 3.54. The molecule has 0 fully saturated rings. The lowest BCUT2D eigenvalue weighted by molar-refractivity contribution is -0.150. The molecule has 1 rings (SSSR count). The van der Waals surface area contributed by atoms with Crippen LogP contribution in [0, 0.1) is 5.92 Å². The predicted molar refractivity (Wildman–Crippen MR) is 108 cm³/mol. The Labute approximate surface area is 163 Å². The molecule has 1 N–H and O–H groups in total. The maximum atomic E-state index is 12.3.